The van der Waals surface area contributed by atoms with Gasteiger partial charge in [0.2, 0.25) is 11.8 Å². The Balaban J connectivity index is 2.38. The minimum atomic E-state index is -4.19. The number of para-hydroxylation sites is 1. The molecule has 0 unspecified atom stereocenters. The monoisotopic (exact) mass is 478 g/mol. The molecule has 0 saturated carbocycles. The van der Waals surface area contributed by atoms with Crippen LogP contribution in [0.2, 0.25) is 0 Å². The Labute approximate surface area is 195 Å². The van der Waals surface area contributed by atoms with E-state index in [-0.39, 0.29) is 18.1 Å². The molecule has 0 aliphatic rings. The summed E-state index contributed by atoms with van der Waals surface area (Å²) in [6, 6.07) is 13.9. The number of rotatable bonds is 11. The largest absolute Gasteiger partial charge is 0.355 e. The maximum atomic E-state index is 14.5. The summed E-state index contributed by atoms with van der Waals surface area (Å²) in [7, 11) is -1.58. The number of nitrogens with one attached hydrogen (secondary N) is 1. The Morgan fingerprint density at radius 3 is 2.21 bits per heavy atom. The van der Waals surface area contributed by atoms with Gasteiger partial charge in [0.05, 0.1) is 5.69 Å². The molecule has 0 aliphatic carbocycles. The lowest BCUT2D eigenvalue weighted by Gasteiger charge is -2.32. The van der Waals surface area contributed by atoms with Crippen molar-refractivity contribution in [2.75, 3.05) is 38.0 Å². The quantitative estimate of drug-likeness (QED) is 0.535. The Morgan fingerprint density at radius 1 is 1.03 bits per heavy atom. The van der Waals surface area contributed by atoms with Crippen LogP contribution in [0.1, 0.15) is 19.4 Å². The van der Waals surface area contributed by atoms with Crippen LogP contribution in [0.25, 0.3) is 0 Å². The average molecular weight is 479 g/mol. The van der Waals surface area contributed by atoms with E-state index in [9.17, 15) is 22.4 Å². The van der Waals surface area contributed by atoms with Gasteiger partial charge in [-0.1, -0.05) is 42.5 Å². The number of amides is 2. The Hall–Kier alpha value is -2.98. The van der Waals surface area contributed by atoms with Crippen molar-refractivity contribution in [1.29, 1.82) is 0 Å². The SMILES string of the molecule is CCNC(=O)[C@H](C)N(CCc1ccccc1)C(=O)CN(c1ccccc1F)S(=O)(=O)N(C)C. The number of anilines is 1. The zero-order valence-electron chi connectivity index (χ0n) is 19.4. The molecule has 2 amide bonds. The number of benzene rings is 2. The lowest BCUT2D eigenvalue weighted by atomic mass is 10.1. The molecule has 0 spiro atoms. The molecule has 2 aromatic rings. The Morgan fingerprint density at radius 2 is 1.64 bits per heavy atom. The van der Waals surface area contributed by atoms with Gasteiger partial charge in [0.15, 0.2) is 0 Å². The number of carbonyl (C=O) groups excluding carboxylic acids is 2. The molecular formula is C23H31FN4O4S. The average Bonchev–Trinajstić information content (AvgIpc) is 2.78. The number of carbonyl (C=O) groups is 2. The predicted octanol–water partition coefficient (Wildman–Crippen LogP) is 2.03. The van der Waals surface area contributed by atoms with Gasteiger partial charge in [0, 0.05) is 27.2 Å². The molecule has 1 N–H and O–H groups in total. The highest BCUT2D eigenvalue weighted by molar-refractivity contribution is 7.90. The first kappa shape index (κ1) is 26.3. The Bertz CT molecular complexity index is 1050. The first-order valence-corrected chi connectivity index (χ1v) is 12.0. The van der Waals surface area contributed by atoms with Gasteiger partial charge in [-0.2, -0.15) is 12.7 Å². The summed E-state index contributed by atoms with van der Waals surface area (Å²) < 4.78 is 42.1. The third-order valence-electron chi connectivity index (χ3n) is 5.14. The van der Waals surface area contributed by atoms with Gasteiger partial charge < -0.3 is 10.2 Å². The zero-order valence-corrected chi connectivity index (χ0v) is 20.2. The molecule has 0 radical (unpaired) electrons. The van der Waals surface area contributed by atoms with E-state index in [2.05, 4.69) is 5.32 Å². The first-order valence-electron chi connectivity index (χ1n) is 10.6. The topological polar surface area (TPSA) is 90.0 Å². The molecular weight excluding hydrogens is 447 g/mol. The van der Waals surface area contributed by atoms with E-state index < -0.39 is 34.5 Å². The molecule has 8 nitrogen and oxygen atoms in total. The van der Waals surface area contributed by atoms with Crippen molar-refractivity contribution in [3.63, 3.8) is 0 Å². The third-order valence-corrected chi connectivity index (χ3v) is 6.95. The molecule has 1 atom stereocenters. The van der Waals surface area contributed by atoms with Crippen molar-refractivity contribution in [3.05, 3.63) is 66.0 Å². The molecule has 10 heteroatoms. The van der Waals surface area contributed by atoms with Crippen LogP contribution in [0, 0.1) is 5.82 Å². The maximum absolute atomic E-state index is 14.5. The molecule has 2 rings (SSSR count). The normalized spacial score (nSPS) is 12.3. The van der Waals surface area contributed by atoms with Crippen molar-refractivity contribution in [1.82, 2.24) is 14.5 Å². The van der Waals surface area contributed by atoms with Crippen molar-refractivity contribution in [3.8, 4) is 0 Å². The van der Waals surface area contributed by atoms with E-state index in [1.807, 2.05) is 30.3 Å². The van der Waals surface area contributed by atoms with Crippen LogP contribution in [0.15, 0.2) is 54.6 Å². The summed E-state index contributed by atoms with van der Waals surface area (Å²) in [6.45, 7) is 3.28. The van der Waals surface area contributed by atoms with Crippen LogP contribution in [0.5, 0.6) is 0 Å². The summed E-state index contributed by atoms with van der Waals surface area (Å²) in [5.41, 5.74) is 0.721. The minimum Gasteiger partial charge on any atom is -0.355 e. The van der Waals surface area contributed by atoms with E-state index in [1.165, 1.54) is 37.2 Å². The predicted molar refractivity (Wildman–Crippen MR) is 126 cm³/mol. The minimum absolute atomic E-state index is 0.189. The van der Waals surface area contributed by atoms with Crippen molar-refractivity contribution in [2.24, 2.45) is 0 Å². The number of hydrogen-bond donors (Lipinski definition) is 1. The van der Waals surface area contributed by atoms with Crippen LogP contribution in [0.4, 0.5) is 10.1 Å². The number of likely N-dealkylation sites (N-methyl/N-ethyl adjacent to an activating group) is 1. The molecule has 0 aliphatic heterocycles. The highest BCUT2D eigenvalue weighted by atomic mass is 32.2. The van der Waals surface area contributed by atoms with Crippen molar-refractivity contribution in [2.45, 2.75) is 26.3 Å². The van der Waals surface area contributed by atoms with Crippen molar-refractivity contribution >= 4 is 27.7 Å². The summed E-state index contributed by atoms with van der Waals surface area (Å²) in [4.78, 5) is 27.2. The first-order chi connectivity index (χ1) is 15.6. The van der Waals surface area contributed by atoms with Crippen LogP contribution < -0.4 is 9.62 Å². The molecule has 2 aromatic carbocycles. The smallest absolute Gasteiger partial charge is 0.304 e. The van der Waals surface area contributed by atoms with Gasteiger partial charge >= 0.3 is 10.2 Å². The van der Waals surface area contributed by atoms with Gasteiger partial charge in [-0.25, -0.2) is 8.70 Å². The summed E-state index contributed by atoms with van der Waals surface area (Å²) in [6.07, 6.45) is 0.469. The molecule has 0 heterocycles. The standard InChI is InChI=1S/C23H31FN4O4S/c1-5-25-23(30)18(2)27(16-15-19-11-7-6-8-12-19)22(29)17-28(33(31,32)26(3)4)21-14-10-9-13-20(21)24/h6-14,18H,5,15-17H2,1-4H3,(H,25,30)/t18-/m0/s1. The fourth-order valence-corrected chi connectivity index (χ4v) is 4.31. The molecule has 0 aromatic heterocycles. The van der Waals surface area contributed by atoms with E-state index in [4.69, 9.17) is 0 Å². The van der Waals surface area contributed by atoms with E-state index in [0.717, 1.165) is 20.2 Å². The summed E-state index contributed by atoms with van der Waals surface area (Å²) in [5, 5.41) is 2.69. The highest BCUT2D eigenvalue weighted by Crippen LogP contribution is 2.23. The molecule has 33 heavy (non-hydrogen) atoms. The molecule has 0 bridgehead atoms. The van der Waals surface area contributed by atoms with E-state index in [0.29, 0.717) is 13.0 Å². The van der Waals surface area contributed by atoms with Crippen LogP contribution in [-0.2, 0) is 26.2 Å². The molecule has 0 saturated heterocycles. The van der Waals surface area contributed by atoms with Gasteiger partial charge in [-0.3, -0.25) is 9.59 Å². The number of halogens is 1. The van der Waals surface area contributed by atoms with Crippen LogP contribution >= 0.6 is 0 Å². The van der Waals surface area contributed by atoms with E-state index >= 15 is 0 Å². The van der Waals surface area contributed by atoms with Crippen LogP contribution in [0.3, 0.4) is 0 Å². The van der Waals surface area contributed by atoms with Gasteiger partial charge in [-0.05, 0) is 38.0 Å². The highest BCUT2D eigenvalue weighted by Gasteiger charge is 2.33. The molecule has 0 fully saturated rings. The van der Waals surface area contributed by atoms with E-state index in [1.54, 1.807) is 13.8 Å². The second-order valence-electron chi connectivity index (χ2n) is 7.64. The zero-order chi connectivity index (χ0) is 24.6. The third kappa shape index (κ3) is 6.75. The number of hydrogen-bond acceptors (Lipinski definition) is 4. The van der Waals surface area contributed by atoms with Crippen LogP contribution in [-0.4, -0.2) is 69.2 Å². The second-order valence-corrected chi connectivity index (χ2v) is 9.71. The Kier molecular flexibility index (Phi) is 9.36. The van der Waals surface area contributed by atoms with Gasteiger partial charge in [0.25, 0.3) is 0 Å². The lowest BCUT2D eigenvalue weighted by Crippen LogP contribution is -2.53. The van der Waals surface area contributed by atoms with Gasteiger partial charge in [-0.15, -0.1) is 0 Å². The number of nitrogens with zero attached hydrogens (tertiary/aromatic N) is 3. The van der Waals surface area contributed by atoms with Gasteiger partial charge in [0.1, 0.15) is 18.4 Å². The maximum Gasteiger partial charge on any atom is 0.304 e. The second kappa shape index (κ2) is 11.8. The fourth-order valence-electron chi connectivity index (χ4n) is 3.25. The fraction of sp³-hybridized carbons (Fsp3) is 0.391. The lowest BCUT2D eigenvalue weighted by molar-refractivity contribution is -0.138. The summed E-state index contributed by atoms with van der Waals surface area (Å²) >= 11 is 0. The van der Waals surface area contributed by atoms with Crippen molar-refractivity contribution < 1.29 is 22.4 Å². The molecule has 180 valence electrons. The summed E-state index contributed by atoms with van der Waals surface area (Å²) in [5.74, 6) is -1.74.